The predicted octanol–water partition coefficient (Wildman–Crippen LogP) is 2.00. The van der Waals surface area contributed by atoms with Gasteiger partial charge in [0, 0.05) is 16.7 Å². The zero-order valence-corrected chi connectivity index (χ0v) is 16.1. The summed E-state index contributed by atoms with van der Waals surface area (Å²) in [6.45, 7) is 2.12. The standard InChI is InChI=1S/C17H18N2O6S2/c1-11-8-9-19(12-4-2-3-5-14(12)26-11)15(20)10-24-17(21)13-6-7-16(25-13)27(18,22)23/h2-7,11H,8-10H2,1H3,(H2,18,22,23). The van der Waals surface area contributed by atoms with Crippen LogP contribution >= 0.6 is 11.8 Å². The molecule has 1 unspecified atom stereocenters. The van der Waals surface area contributed by atoms with Crippen LogP contribution in [0.3, 0.4) is 0 Å². The Morgan fingerprint density at radius 1 is 1.30 bits per heavy atom. The molecule has 2 aromatic rings. The third kappa shape index (κ3) is 4.52. The largest absolute Gasteiger partial charge is 0.450 e. The van der Waals surface area contributed by atoms with Gasteiger partial charge in [-0.05, 0) is 30.7 Å². The number of anilines is 1. The Hall–Kier alpha value is -2.30. The van der Waals surface area contributed by atoms with Crippen LogP contribution in [0.4, 0.5) is 5.69 Å². The highest BCUT2D eigenvalue weighted by Gasteiger charge is 2.26. The number of nitrogens with two attached hydrogens (primary N) is 1. The first kappa shape index (κ1) is 19.5. The molecule has 8 nitrogen and oxygen atoms in total. The molecule has 144 valence electrons. The second-order valence-corrected chi connectivity index (χ2v) is 8.94. The molecule has 0 saturated carbocycles. The number of carbonyl (C=O) groups excluding carboxylic acids is 2. The fraction of sp³-hybridized carbons (Fsp3) is 0.294. The molecular formula is C17H18N2O6S2. The van der Waals surface area contributed by atoms with Crippen molar-refractivity contribution < 1.29 is 27.2 Å². The number of hydrogen-bond donors (Lipinski definition) is 1. The Bertz CT molecular complexity index is 969. The molecule has 1 aliphatic rings. The van der Waals surface area contributed by atoms with E-state index in [-0.39, 0.29) is 11.7 Å². The lowest BCUT2D eigenvalue weighted by Gasteiger charge is -2.22. The Morgan fingerprint density at radius 3 is 2.74 bits per heavy atom. The number of benzene rings is 1. The second kappa shape index (κ2) is 7.75. The molecule has 1 atom stereocenters. The van der Waals surface area contributed by atoms with Crippen LogP contribution in [0, 0.1) is 0 Å². The van der Waals surface area contributed by atoms with Gasteiger partial charge in [0.1, 0.15) is 0 Å². The first-order chi connectivity index (χ1) is 12.8. The van der Waals surface area contributed by atoms with Crippen molar-refractivity contribution in [3.05, 3.63) is 42.2 Å². The molecule has 2 heterocycles. The summed E-state index contributed by atoms with van der Waals surface area (Å²) in [6, 6.07) is 9.74. The van der Waals surface area contributed by atoms with Crippen LogP contribution < -0.4 is 10.0 Å². The molecule has 0 bridgehead atoms. The van der Waals surface area contributed by atoms with Crippen LogP contribution in [0.2, 0.25) is 0 Å². The number of sulfonamides is 1. The van der Waals surface area contributed by atoms with Gasteiger partial charge in [0.2, 0.25) is 10.9 Å². The van der Waals surface area contributed by atoms with E-state index < -0.39 is 27.7 Å². The third-order valence-corrected chi connectivity index (χ3v) is 5.95. The number of para-hydroxylation sites is 1. The number of carbonyl (C=O) groups is 2. The van der Waals surface area contributed by atoms with Crippen LogP contribution in [0.1, 0.15) is 23.9 Å². The number of rotatable bonds is 4. The van der Waals surface area contributed by atoms with Gasteiger partial charge < -0.3 is 14.1 Å². The van der Waals surface area contributed by atoms with Crippen molar-refractivity contribution in [2.75, 3.05) is 18.1 Å². The summed E-state index contributed by atoms with van der Waals surface area (Å²) in [5.41, 5.74) is 0.780. The summed E-state index contributed by atoms with van der Waals surface area (Å²) in [6.07, 6.45) is 0.801. The minimum Gasteiger partial charge on any atom is -0.450 e. The lowest BCUT2D eigenvalue weighted by atomic mass is 10.2. The summed E-state index contributed by atoms with van der Waals surface area (Å²) in [4.78, 5) is 27.2. The third-order valence-electron chi connectivity index (χ3n) is 3.93. The van der Waals surface area contributed by atoms with Gasteiger partial charge in [-0.1, -0.05) is 19.1 Å². The number of ether oxygens (including phenoxy) is 1. The number of nitrogens with zero attached hydrogens (tertiary/aromatic N) is 1. The monoisotopic (exact) mass is 410 g/mol. The number of fused-ring (bicyclic) bond motifs is 1. The zero-order valence-electron chi connectivity index (χ0n) is 14.5. The first-order valence-electron chi connectivity index (χ1n) is 8.11. The van der Waals surface area contributed by atoms with Crippen molar-refractivity contribution in [1.29, 1.82) is 0 Å². The second-order valence-electron chi connectivity index (χ2n) is 5.97. The molecule has 1 amide bonds. The van der Waals surface area contributed by atoms with Crippen LogP contribution in [0.5, 0.6) is 0 Å². The quantitative estimate of drug-likeness (QED) is 0.766. The normalized spacial score (nSPS) is 17.1. The Labute approximate surface area is 160 Å². The van der Waals surface area contributed by atoms with Gasteiger partial charge >= 0.3 is 5.97 Å². The van der Waals surface area contributed by atoms with Crippen LogP contribution in [0.15, 0.2) is 50.8 Å². The summed E-state index contributed by atoms with van der Waals surface area (Å²) in [5.74, 6) is -1.65. The van der Waals surface area contributed by atoms with Crippen LogP contribution in [-0.4, -0.2) is 38.7 Å². The van der Waals surface area contributed by atoms with E-state index in [1.54, 1.807) is 16.7 Å². The molecule has 2 N–H and O–H groups in total. The number of amides is 1. The van der Waals surface area contributed by atoms with E-state index in [2.05, 4.69) is 6.92 Å². The van der Waals surface area contributed by atoms with Gasteiger partial charge in [-0.2, -0.15) is 0 Å². The number of esters is 1. The van der Waals surface area contributed by atoms with Crippen molar-refractivity contribution in [3.63, 3.8) is 0 Å². The fourth-order valence-corrected chi connectivity index (χ4v) is 4.18. The maximum absolute atomic E-state index is 12.6. The highest BCUT2D eigenvalue weighted by atomic mass is 32.2. The van der Waals surface area contributed by atoms with E-state index in [1.807, 2.05) is 24.3 Å². The SMILES string of the molecule is CC1CCN(C(=O)COC(=O)c2ccc(S(N)(=O)=O)o2)c2ccccc2S1. The Kier molecular flexibility index (Phi) is 5.59. The maximum atomic E-state index is 12.6. The van der Waals surface area contributed by atoms with Gasteiger partial charge in [-0.25, -0.2) is 18.4 Å². The van der Waals surface area contributed by atoms with Gasteiger partial charge in [0.15, 0.2) is 6.61 Å². The van der Waals surface area contributed by atoms with Crippen molar-refractivity contribution in [3.8, 4) is 0 Å². The molecule has 27 heavy (non-hydrogen) atoms. The topological polar surface area (TPSA) is 120 Å². The molecule has 3 rings (SSSR count). The molecular weight excluding hydrogens is 392 g/mol. The Balaban J connectivity index is 1.69. The minimum atomic E-state index is -4.06. The van der Waals surface area contributed by atoms with Crippen LogP contribution in [0.25, 0.3) is 0 Å². The maximum Gasteiger partial charge on any atom is 0.374 e. The molecule has 1 aromatic heterocycles. The van der Waals surface area contributed by atoms with Crippen molar-refractivity contribution in [2.45, 2.75) is 28.6 Å². The predicted molar refractivity (Wildman–Crippen MR) is 99.1 cm³/mol. The number of primary sulfonamides is 1. The highest BCUT2D eigenvalue weighted by Crippen LogP contribution is 2.37. The summed E-state index contributed by atoms with van der Waals surface area (Å²) < 4.78 is 32.2. The van der Waals surface area contributed by atoms with Crippen molar-refractivity contribution in [2.24, 2.45) is 5.14 Å². The number of furan rings is 1. The minimum absolute atomic E-state index is 0.340. The highest BCUT2D eigenvalue weighted by molar-refractivity contribution is 8.00. The van der Waals surface area contributed by atoms with Crippen molar-refractivity contribution in [1.82, 2.24) is 0 Å². The van der Waals surface area contributed by atoms with E-state index in [4.69, 9.17) is 14.3 Å². The van der Waals surface area contributed by atoms with E-state index in [0.29, 0.717) is 11.8 Å². The zero-order chi connectivity index (χ0) is 19.6. The average Bonchev–Trinajstić information content (AvgIpc) is 3.05. The Morgan fingerprint density at radius 2 is 2.04 bits per heavy atom. The molecule has 1 aliphatic heterocycles. The summed E-state index contributed by atoms with van der Waals surface area (Å²) in [5, 5.41) is 4.73. The molecule has 10 heteroatoms. The van der Waals surface area contributed by atoms with Gasteiger partial charge in [0.05, 0.1) is 5.69 Å². The van der Waals surface area contributed by atoms with Gasteiger partial charge in [-0.15, -0.1) is 11.8 Å². The molecule has 1 aromatic carbocycles. The molecule has 0 spiro atoms. The molecule has 0 saturated heterocycles. The molecule has 0 aliphatic carbocycles. The van der Waals surface area contributed by atoms with E-state index in [1.165, 1.54) is 0 Å². The van der Waals surface area contributed by atoms with Crippen LogP contribution in [-0.2, 0) is 19.6 Å². The lowest BCUT2D eigenvalue weighted by molar-refractivity contribution is -0.121. The van der Waals surface area contributed by atoms with E-state index >= 15 is 0 Å². The smallest absolute Gasteiger partial charge is 0.374 e. The molecule has 0 fully saturated rings. The van der Waals surface area contributed by atoms with E-state index in [9.17, 15) is 18.0 Å². The van der Waals surface area contributed by atoms with Crippen molar-refractivity contribution >= 4 is 39.3 Å². The lowest BCUT2D eigenvalue weighted by Crippen LogP contribution is -2.35. The number of hydrogen-bond acceptors (Lipinski definition) is 7. The summed E-state index contributed by atoms with van der Waals surface area (Å²) in [7, 11) is -4.06. The first-order valence-corrected chi connectivity index (χ1v) is 10.5. The molecule has 0 radical (unpaired) electrons. The number of thioether (sulfide) groups is 1. The summed E-state index contributed by atoms with van der Waals surface area (Å²) >= 11 is 1.69. The van der Waals surface area contributed by atoms with E-state index in [0.717, 1.165) is 29.1 Å². The van der Waals surface area contributed by atoms with Gasteiger partial charge in [-0.3, -0.25) is 4.79 Å². The fourth-order valence-electron chi connectivity index (χ4n) is 2.60. The van der Waals surface area contributed by atoms with Gasteiger partial charge in [0.25, 0.3) is 15.9 Å². The average molecular weight is 410 g/mol.